The lowest BCUT2D eigenvalue weighted by atomic mass is 10.1. The van der Waals surface area contributed by atoms with Crippen molar-refractivity contribution in [2.24, 2.45) is 10.2 Å². The van der Waals surface area contributed by atoms with Gasteiger partial charge in [-0.2, -0.15) is 10.2 Å². The van der Waals surface area contributed by atoms with Gasteiger partial charge >= 0.3 is 5.97 Å². The Labute approximate surface area is 212 Å². The Morgan fingerprint density at radius 2 is 1.67 bits per heavy atom. The standard InChI is InChI=1S/C29H30N4O3/c1-22(2)29(34)36-19-7-5-4-6-18-35-28-14-12-26(13-15-28)32-33-27-11-9-24(23(3)20-27)8-10-25-16-17-30-21-31-25/h9,11-17,20-21H,1,4-7,18-19H2,2-3H3. The summed E-state index contributed by atoms with van der Waals surface area (Å²) in [6.45, 7) is 8.28. The number of aromatic nitrogens is 2. The summed E-state index contributed by atoms with van der Waals surface area (Å²) in [4.78, 5) is 19.3. The molecule has 36 heavy (non-hydrogen) atoms. The predicted molar refractivity (Wildman–Crippen MR) is 140 cm³/mol. The number of esters is 1. The highest BCUT2D eigenvalue weighted by molar-refractivity contribution is 5.86. The van der Waals surface area contributed by atoms with E-state index in [4.69, 9.17) is 9.47 Å². The summed E-state index contributed by atoms with van der Waals surface area (Å²) in [5, 5.41) is 8.66. The van der Waals surface area contributed by atoms with E-state index < -0.39 is 0 Å². The van der Waals surface area contributed by atoms with Crippen molar-refractivity contribution in [1.29, 1.82) is 0 Å². The molecular weight excluding hydrogens is 452 g/mol. The number of carbonyl (C=O) groups excluding carboxylic acids is 1. The van der Waals surface area contributed by atoms with Crippen molar-refractivity contribution < 1.29 is 14.3 Å². The average Bonchev–Trinajstić information content (AvgIpc) is 2.89. The molecule has 0 aliphatic rings. The van der Waals surface area contributed by atoms with E-state index in [0.717, 1.165) is 53.9 Å². The lowest BCUT2D eigenvalue weighted by Crippen LogP contribution is -2.06. The molecule has 0 saturated carbocycles. The Morgan fingerprint density at radius 3 is 2.36 bits per heavy atom. The van der Waals surface area contributed by atoms with Gasteiger partial charge in [-0.3, -0.25) is 0 Å². The monoisotopic (exact) mass is 482 g/mol. The zero-order chi connectivity index (χ0) is 25.6. The van der Waals surface area contributed by atoms with Crippen LogP contribution < -0.4 is 4.74 Å². The van der Waals surface area contributed by atoms with Crippen LogP contribution in [0.25, 0.3) is 0 Å². The van der Waals surface area contributed by atoms with Crippen LogP contribution in [0.1, 0.15) is 49.4 Å². The van der Waals surface area contributed by atoms with E-state index in [-0.39, 0.29) is 5.97 Å². The number of hydrogen-bond donors (Lipinski definition) is 0. The third-order valence-corrected chi connectivity index (χ3v) is 5.12. The third kappa shape index (κ3) is 9.15. The second-order valence-corrected chi connectivity index (χ2v) is 8.22. The Hall–Kier alpha value is -4.31. The Morgan fingerprint density at radius 1 is 0.944 bits per heavy atom. The maximum atomic E-state index is 11.3. The molecule has 0 spiro atoms. The van der Waals surface area contributed by atoms with Crippen LogP contribution in [0.15, 0.2) is 83.4 Å². The van der Waals surface area contributed by atoms with Crippen molar-refractivity contribution in [3.8, 4) is 17.6 Å². The maximum Gasteiger partial charge on any atom is 0.333 e. The van der Waals surface area contributed by atoms with Crippen molar-refractivity contribution in [3.63, 3.8) is 0 Å². The molecule has 0 bridgehead atoms. The number of aryl methyl sites for hydroxylation is 1. The van der Waals surface area contributed by atoms with Crippen LogP contribution in [0.5, 0.6) is 5.75 Å². The topological polar surface area (TPSA) is 86.0 Å². The first-order valence-corrected chi connectivity index (χ1v) is 11.9. The average molecular weight is 483 g/mol. The molecule has 7 heteroatoms. The molecule has 7 nitrogen and oxygen atoms in total. The molecule has 1 heterocycles. The fourth-order valence-electron chi connectivity index (χ4n) is 3.11. The van der Waals surface area contributed by atoms with E-state index in [2.05, 4.69) is 38.6 Å². The quantitative estimate of drug-likeness (QED) is 0.100. The molecule has 1 aromatic heterocycles. The highest BCUT2D eigenvalue weighted by Crippen LogP contribution is 2.23. The number of nitrogens with zero attached hydrogens (tertiary/aromatic N) is 4. The van der Waals surface area contributed by atoms with Gasteiger partial charge in [0.15, 0.2) is 0 Å². The molecule has 0 unspecified atom stereocenters. The minimum atomic E-state index is -0.324. The normalized spacial score (nSPS) is 10.5. The van der Waals surface area contributed by atoms with E-state index in [9.17, 15) is 4.79 Å². The summed E-state index contributed by atoms with van der Waals surface area (Å²) in [5.74, 6) is 6.64. The molecule has 184 valence electrons. The smallest absolute Gasteiger partial charge is 0.333 e. The minimum Gasteiger partial charge on any atom is -0.494 e. The zero-order valence-electron chi connectivity index (χ0n) is 20.7. The summed E-state index contributed by atoms with van der Waals surface area (Å²) in [5.41, 5.74) is 4.55. The summed E-state index contributed by atoms with van der Waals surface area (Å²) in [6.07, 6.45) is 6.94. The van der Waals surface area contributed by atoms with Crippen LogP contribution in [0.4, 0.5) is 11.4 Å². The number of hydrogen-bond acceptors (Lipinski definition) is 7. The van der Waals surface area contributed by atoms with Crippen molar-refractivity contribution in [2.75, 3.05) is 13.2 Å². The number of rotatable bonds is 11. The lowest BCUT2D eigenvalue weighted by Gasteiger charge is -2.07. The Balaban J connectivity index is 1.39. The Bertz CT molecular complexity index is 1240. The molecule has 0 radical (unpaired) electrons. The molecule has 3 aromatic rings. The maximum absolute atomic E-state index is 11.3. The van der Waals surface area contributed by atoms with Crippen LogP contribution in [-0.4, -0.2) is 29.2 Å². The summed E-state index contributed by atoms with van der Waals surface area (Å²) in [6, 6.07) is 15.1. The van der Waals surface area contributed by atoms with Crippen molar-refractivity contribution in [1.82, 2.24) is 9.97 Å². The van der Waals surface area contributed by atoms with Gasteiger partial charge in [-0.15, -0.1) is 0 Å². The Kier molecular flexibility index (Phi) is 10.4. The second kappa shape index (κ2) is 14.2. The van der Waals surface area contributed by atoms with Gasteiger partial charge in [-0.05, 0) is 99.5 Å². The van der Waals surface area contributed by atoms with Crippen molar-refractivity contribution in [3.05, 3.63) is 90.0 Å². The van der Waals surface area contributed by atoms with Gasteiger partial charge in [0, 0.05) is 17.3 Å². The molecule has 3 rings (SSSR count). The van der Waals surface area contributed by atoms with Gasteiger partial charge in [0.25, 0.3) is 0 Å². The van der Waals surface area contributed by atoms with Crippen LogP contribution in [0.3, 0.4) is 0 Å². The number of unbranched alkanes of at least 4 members (excludes halogenated alkanes) is 3. The van der Waals surface area contributed by atoms with Crippen molar-refractivity contribution in [2.45, 2.75) is 39.5 Å². The van der Waals surface area contributed by atoms with Gasteiger partial charge in [-0.25, -0.2) is 14.8 Å². The van der Waals surface area contributed by atoms with Crippen LogP contribution in [0.2, 0.25) is 0 Å². The fraction of sp³-hybridized carbons (Fsp3) is 0.276. The number of carbonyl (C=O) groups is 1. The molecule has 0 aliphatic carbocycles. The summed E-state index contributed by atoms with van der Waals surface area (Å²) in [7, 11) is 0. The van der Waals surface area contributed by atoms with E-state index in [0.29, 0.717) is 24.5 Å². The molecule has 2 aromatic carbocycles. The van der Waals surface area contributed by atoms with Crippen LogP contribution >= 0.6 is 0 Å². The molecule has 0 N–H and O–H groups in total. The van der Waals surface area contributed by atoms with Gasteiger partial charge in [0.2, 0.25) is 0 Å². The number of azo groups is 1. The van der Waals surface area contributed by atoms with Crippen molar-refractivity contribution >= 4 is 17.3 Å². The van der Waals surface area contributed by atoms with E-state index in [1.165, 1.54) is 6.33 Å². The SMILES string of the molecule is C=C(C)C(=O)OCCCCCCOc1ccc(N=Nc2ccc(C#Cc3ccncn3)c(C)c2)cc1. The van der Waals surface area contributed by atoms with E-state index in [1.807, 2.05) is 49.4 Å². The van der Waals surface area contributed by atoms with Gasteiger partial charge in [0.1, 0.15) is 17.8 Å². The molecule has 0 fully saturated rings. The first-order valence-electron chi connectivity index (χ1n) is 11.9. The lowest BCUT2D eigenvalue weighted by molar-refractivity contribution is -0.139. The molecular formula is C29H30N4O3. The molecule has 0 aliphatic heterocycles. The zero-order valence-corrected chi connectivity index (χ0v) is 20.7. The highest BCUT2D eigenvalue weighted by Gasteiger charge is 2.02. The third-order valence-electron chi connectivity index (χ3n) is 5.12. The molecule has 0 atom stereocenters. The fourth-order valence-corrected chi connectivity index (χ4v) is 3.11. The van der Waals surface area contributed by atoms with Crippen LogP contribution in [0, 0.1) is 18.8 Å². The second-order valence-electron chi connectivity index (χ2n) is 8.22. The summed E-state index contributed by atoms with van der Waals surface area (Å²) >= 11 is 0. The number of benzene rings is 2. The first-order chi connectivity index (χ1) is 17.5. The van der Waals surface area contributed by atoms with Gasteiger partial charge in [-0.1, -0.05) is 12.5 Å². The van der Waals surface area contributed by atoms with E-state index in [1.54, 1.807) is 19.2 Å². The molecule has 0 amide bonds. The number of ether oxygens (including phenoxy) is 2. The van der Waals surface area contributed by atoms with Crippen LogP contribution in [-0.2, 0) is 9.53 Å². The highest BCUT2D eigenvalue weighted by atomic mass is 16.5. The van der Waals surface area contributed by atoms with Gasteiger partial charge < -0.3 is 9.47 Å². The first kappa shape index (κ1) is 26.3. The predicted octanol–water partition coefficient (Wildman–Crippen LogP) is 6.66. The van der Waals surface area contributed by atoms with E-state index >= 15 is 0 Å². The van der Waals surface area contributed by atoms with Gasteiger partial charge in [0.05, 0.1) is 24.6 Å². The summed E-state index contributed by atoms with van der Waals surface area (Å²) < 4.78 is 10.9. The largest absolute Gasteiger partial charge is 0.494 e. The minimum absolute atomic E-state index is 0.324. The molecule has 0 saturated heterocycles.